The number of halogens is 3. The van der Waals surface area contributed by atoms with Crippen molar-refractivity contribution in [3.05, 3.63) is 53.3 Å². The third-order valence-corrected chi connectivity index (χ3v) is 4.85. The van der Waals surface area contributed by atoms with E-state index in [0.717, 1.165) is 23.4 Å². The summed E-state index contributed by atoms with van der Waals surface area (Å²) in [4.78, 5) is 15.6. The van der Waals surface area contributed by atoms with Gasteiger partial charge in [-0.2, -0.15) is 13.2 Å². The Balaban J connectivity index is 1.90. The van der Waals surface area contributed by atoms with E-state index in [1.165, 1.54) is 0 Å². The number of amides is 1. The van der Waals surface area contributed by atoms with Crippen LogP contribution in [0.2, 0.25) is 0 Å². The number of ether oxygens (including phenoxy) is 2. The summed E-state index contributed by atoms with van der Waals surface area (Å²) in [6.45, 7) is 7.97. The number of hydrogen-bond acceptors (Lipinski definition) is 4. The molecule has 162 valence electrons. The molecule has 8 heteroatoms. The zero-order chi connectivity index (χ0) is 22.1. The van der Waals surface area contributed by atoms with Crippen molar-refractivity contribution in [2.75, 3.05) is 6.61 Å². The molecular formula is C22H25F3N2O3. The molecule has 1 aromatic heterocycles. The van der Waals surface area contributed by atoms with Crippen molar-refractivity contribution in [3.8, 4) is 11.1 Å². The fourth-order valence-corrected chi connectivity index (χ4v) is 3.49. The first-order valence-corrected chi connectivity index (χ1v) is 9.67. The minimum Gasteiger partial charge on any atom is -0.446 e. The number of fused-ring (bicyclic) bond motifs is 1. The molecule has 1 aliphatic heterocycles. The molecule has 1 amide bonds. The maximum absolute atomic E-state index is 13.1. The van der Waals surface area contributed by atoms with Crippen molar-refractivity contribution < 1.29 is 27.4 Å². The highest BCUT2D eigenvalue weighted by Gasteiger charge is 2.34. The van der Waals surface area contributed by atoms with Crippen molar-refractivity contribution in [3.63, 3.8) is 0 Å². The third-order valence-electron chi connectivity index (χ3n) is 4.85. The molecule has 0 saturated heterocycles. The Morgan fingerprint density at radius 3 is 2.67 bits per heavy atom. The summed E-state index contributed by atoms with van der Waals surface area (Å²) in [5, 5.41) is 2.76. The number of carbonyl (C=O) groups excluding carboxylic acids is 1. The number of alkyl halides is 3. The van der Waals surface area contributed by atoms with Crippen LogP contribution in [0, 0.1) is 0 Å². The highest BCUT2D eigenvalue weighted by molar-refractivity contribution is 5.70. The quantitative estimate of drug-likeness (QED) is 0.730. The van der Waals surface area contributed by atoms with E-state index in [1.807, 2.05) is 26.8 Å². The Morgan fingerprint density at radius 1 is 1.27 bits per heavy atom. The predicted molar refractivity (Wildman–Crippen MR) is 106 cm³/mol. The second-order valence-corrected chi connectivity index (χ2v) is 8.41. The Hall–Kier alpha value is -2.61. The Labute approximate surface area is 173 Å². The molecule has 0 spiro atoms. The van der Waals surface area contributed by atoms with Crippen molar-refractivity contribution in [2.24, 2.45) is 0 Å². The summed E-state index contributed by atoms with van der Waals surface area (Å²) < 4.78 is 50.5. The summed E-state index contributed by atoms with van der Waals surface area (Å²) in [5.74, 6) is -0.233. The van der Waals surface area contributed by atoms with Crippen LogP contribution in [0.25, 0.3) is 11.1 Å². The van der Waals surface area contributed by atoms with Gasteiger partial charge in [0.25, 0.3) is 0 Å². The van der Waals surface area contributed by atoms with Gasteiger partial charge in [-0.15, -0.1) is 0 Å². The lowest BCUT2D eigenvalue weighted by Crippen LogP contribution is -2.43. The van der Waals surface area contributed by atoms with Gasteiger partial charge < -0.3 is 14.8 Å². The van der Waals surface area contributed by atoms with Crippen molar-refractivity contribution >= 4 is 6.09 Å². The molecule has 2 aromatic rings. The zero-order valence-corrected chi connectivity index (χ0v) is 17.3. The fourth-order valence-electron chi connectivity index (χ4n) is 3.49. The molecule has 1 aromatic carbocycles. The number of alkyl carbamates (subject to hydrolysis) is 1. The molecular weight excluding hydrogens is 397 g/mol. The summed E-state index contributed by atoms with van der Waals surface area (Å²) in [6.07, 6.45) is -4.37. The van der Waals surface area contributed by atoms with Crippen molar-refractivity contribution in [1.82, 2.24) is 10.3 Å². The van der Waals surface area contributed by atoms with E-state index >= 15 is 0 Å². The van der Waals surface area contributed by atoms with Crippen LogP contribution in [-0.4, -0.2) is 29.3 Å². The van der Waals surface area contributed by atoms with Gasteiger partial charge >= 0.3 is 12.3 Å². The van der Waals surface area contributed by atoms with E-state index < -0.39 is 29.6 Å². The SMILES string of the molecule is CC(OC(=O)NC(C)(C)C)C1COCc2c(-c3ccnc(C(F)(F)F)c3)cccc21. The van der Waals surface area contributed by atoms with Gasteiger partial charge in [-0.25, -0.2) is 4.79 Å². The molecule has 0 fully saturated rings. The Bertz CT molecular complexity index is 923. The second-order valence-electron chi connectivity index (χ2n) is 8.41. The standard InChI is InChI=1S/C22H25F3N2O3/c1-13(30-20(28)27-21(2,3)4)17-11-29-12-18-15(6-5-7-16(17)18)14-8-9-26-19(10-14)22(23,24)25/h5-10,13,17H,11-12H2,1-4H3,(H,27,28). The Morgan fingerprint density at radius 2 is 2.00 bits per heavy atom. The molecule has 5 nitrogen and oxygen atoms in total. The molecule has 0 radical (unpaired) electrons. The number of hydrogen-bond donors (Lipinski definition) is 1. The summed E-state index contributed by atoms with van der Waals surface area (Å²) >= 11 is 0. The highest BCUT2D eigenvalue weighted by atomic mass is 19.4. The van der Waals surface area contributed by atoms with Gasteiger partial charge in [-0.1, -0.05) is 18.2 Å². The first kappa shape index (κ1) is 22.1. The minimum absolute atomic E-state index is 0.233. The lowest BCUT2D eigenvalue weighted by Gasteiger charge is -2.32. The van der Waals surface area contributed by atoms with Crippen molar-refractivity contribution in [1.29, 1.82) is 0 Å². The number of nitrogens with zero attached hydrogens (tertiary/aromatic N) is 1. The largest absolute Gasteiger partial charge is 0.446 e. The van der Waals surface area contributed by atoms with Gasteiger partial charge in [0.2, 0.25) is 0 Å². The maximum atomic E-state index is 13.1. The zero-order valence-electron chi connectivity index (χ0n) is 17.3. The number of pyridine rings is 1. The van der Waals surface area contributed by atoms with E-state index in [2.05, 4.69) is 10.3 Å². The monoisotopic (exact) mass is 422 g/mol. The predicted octanol–water partition coefficient (Wildman–Crippen LogP) is 5.29. The number of rotatable bonds is 3. The molecule has 1 aliphatic rings. The summed E-state index contributed by atoms with van der Waals surface area (Å²) in [7, 11) is 0. The van der Waals surface area contributed by atoms with Gasteiger partial charge in [-0.3, -0.25) is 4.98 Å². The number of carbonyl (C=O) groups is 1. The maximum Gasteiger partial charge on any atom is 0.433 e. The van der Waals surface area contributed by atoms with Crippen LogP contribution >= 0.6 is 0 Å². The summed E-state index contributed by atoms with van der Waals surface area (Å²) in [5.41, 5.74) is 1.39. The first-order valence-electron chi connectivity index (χ1n) is 9.67. The van der Waals surface area contributed by atoms with Crippen LogP contribution < -0.4 is 5.32 Å². The summed E-state index contributed by atoms with van der Waals surface area (Å²) in [6, 6.07) is 8.04. The second kappa shape index (κ2) is 8.26. The van der Waals surface area contributed by atoms with E-state index in [-0.39, 0.29) is 12.5 Å². The van der Waals surface area contributed by atoms with Crippen LogP contribution in [0.3, 0.4) is 0 Å². The van der Waals surface area contributed by atoms with Crippen LogP contribution in [0.15, 0.2) is 36.5 Å². The lowest BCUT2D eigenvalue weighted by atomic mass is 9.85. The van der Waals surface area contributed by atoms with Gasteiger partial charge in [0.05, 0.1) is 13.2 Å². The lowest BCUT2D eigenvalue weighted by molar-refractivity contribution is -0.141. The topological polar surface area (TPSA) is 60.5 Å². The smallest absolute Gasteiger partial charge is 0.433 e. The van der Waals surface area contributed by atoms with Gasteiger partial charge in [0, 0.05) is 17.7 Å². The molecule has 1 N–H and O–H groups in total. The molecule has 3 rings (SSSR count). The molecule has 0 saturated carbocycles. The van der Waals surface area contributed by atoms with Crippen LogP contribution in [0.1, 0.15) is 50.4 Å². The van der Waals surface area contributed by atoms with Gasteiger partial charge in [0.15, 0.2) is 0 Å². The van der Waals surface area contributed by atoms with E-state index in [0.29, 0.717) is 17.7 Å². The molecule has 0 aliphatic carbocycles. The number of aromatic nitrogens is 1. The average Bonchev–Trinajstić information content (AvgIpc) is 2.64. The minimum atomic E-state index is -4.52. The molecule has 0 bridgehead atoms. The highest BCUT2D eigenvalue weighted by Crippen LogP contribution is 2.38. The van der Waals surface area contributed by atoms with Gasteiger partial charge in [-0.05, 0) is 62.1 Å². The fraction of sp³-hybridized carbons (Fsp3) is 0.455. The van der Waals surface area contributed by atoms with Crippen LogP contribution in [0.5, 0.6) is 0 Å². The van der Waals surface area contributed by atoms with E-state index in [1.54, 1.807) is 25.1 Å². The normalized spacial score (nSPS) is 17.8. The molecule has 2 heterocycles. The van der Waals surface area contributed by atoms with Crippen LogP contribution in [-0.2, 0) is 22.3 Å². The molecule has 2 unspecified atom stereocenters. The third kappa shape index (κ3) is 5.11. The van der Waals surface area contributed by atoms with Gasteiger partial charge in [0.1, 0.15) is 11.8 Å². The number of benzene rings is 1. The number of nitrogens with one attached hydrogen (secondary N) is 1. The van der Waals surface area contributed by atoms with E-state index in [4.69, 9.17) is 9.47 Å². The Kier molecular flexibility index (Phi) is 6.08. The van der Waals surface area contributed by atoms with Crippen molar-refractivity contribution in [2.45, 2.75) is 58.0 Å². The first-order chi connectivity index (χ1) is 14.0. The average molecular weight is 422 g/mol. The molecule has 30 heavy (non-hydrogen) atoms. The molecule has 2 atom stereocenters. The van der Waals surface area contributed by atoms with Crippen LogP contribution in [0.4, 0.5) is 18.0 Å². The van der Waals surface area contributed by atoms with E-state index in [9.17, 15) is 18.0 Å².